The van der Waals surface area contributed by atoms with E-state index in [2.05, 4.69) is 24.3 Å². The highest BCUT2D eigenvalue weighted by molar-refractivity contribution is 4.78. The van der Waals surface area contributed by atoms with Gasteiger partial charge in [0.25, 0.3) is 0 Å². The fraction of sp³-hybridized carbons (Fsp3) is 1.00. The van der Waals surface area contributed by atoms with Crippen molar-refractivity contribution in [2.24, 2.45) is 11.8 Å². The molecule has 0 spiro atoms. The van der Waals surface area contributed by atoms with E-state index in [1.165, 1.54) is 19.3 Å². The number of likely N-dealkylation sites (N-methyl/N-ethyl adjacent to an activating group) is 1. The summed E-state index contributed by atoms with van der Waals surface area (Å²) in [5.74, 6) is 1.27. The highest BCUT2D eigenvalue weighted by Gasteiger charge is 2.25. The van der Waals surface area contributed by atoms with Gasteiger partial charge in [-0.2, -0.15) is 0 Å². The van der Waals surface area contributed by atoms with Crippen molar-refractivity contribution in [3.8, 4) is 0 Å². The van der Waals surface area contributed by atoms with E-state index in [0.717, 1.165) is 19.6 Å². The molecule has 1 saturated carbocycles. The number of nitrogens with one attached hydrogen (secondary N) is 1. The third kappa shape index (κ3) is 3.95. The minimum absolute atomic E-state index is 0.375. The minimum Gasteiger partial charge on any atom is -0.396 e. The van der Waals surface area contributed by atoms with E-state index < -0.39 is 0 Å². The molecule has 0 radical (unpaired) electrons. The summed E-state index contributed by atoms with van der Waals surface area (Å²) in [6.45, 7) is 3.61. The molecule has 3 heteroatoms. The van der Waals surface area contributed by atoms with E-state index in [0.29, 0.717) is 18.4 Å². The van der Waals surface area contributed by atoms with Crippen LogP contribution in [0.3, 0.4) is 0 Å². The smallest absolute Gasteiger partial charge is 0.0462 e. The van der Waals surface area contributed by atoms with Crippen molar-refractivity contribution in [2.45, 2.75) is 19.3 Å². The highest BCUT2D eigenvalue weighted by Crippen LogP contribution is 2.30. The molecule has 0 aromatic rings. The zero-order chi connectivity index (χ0) is 10.4. The first kappa shape index (κ1) is 12.0. The topological polar surface area (TPSA) is 35.5 Å². The molecule has 2 atom stereocenters. The second-order valence-electron chi connectivity index (χ2n) is 4.64. The molecule has 2 N–H and O–H groups in total. The van der Waals surface area contributed by atoms with Crippen LogP contribution in [0.25, 0.3) is 0 Å². The Morgan fingerprint density at radius 2 is 2.00 bits per heavy atom. The van der Waals surface area contributed by atoms with Gasteiger partial charge in [0.2, 0.25) is 0 Å². The molecule has 0 aromatic carbocycles. The van der Waals surface area contributed by atoms with Gasteiger partial charge in [0.05, 0.1) is 0 Å². The first-order valence-electron chi connectivity index (χ1n) is 5.70. The lowest BCUT2D eigenvalue weighted by Gasteiger charge is -2.18. The molecule has 1 aliphatic rings. The molecule has 0 aromatic heterocycles. The molecule has 0 heterocycles. The molecule has 3 nitrogen and oxygen atoms in total. The van der Waals surface area contributed by atoms with Gasteiger partial charge < -0.3 is 15.3 Å². The fourth-order valence-corrected chi connectivity index (χ4v) is 2.21. The van der Waals surface area contributed by atoms with Crippen LogP contribution < -0.4 is 5.32 Å². The van der Waals surface area contributed by atoms with Crippen molar-refractivity contribution in [1.29, 1.82) is 0 Å². The van der Waals surface area contributed by atoms with Crippen molar-refractivity contribution in [1.82, 2.24) is 10.2 Å². The number of aliphatic hydroxyl groups is 1. The summed E-state index contributed by atoms with van der Waals surface area (Å²) in [5, 5.41) is 12.6. The van der Waals surface area contributed by atoms with Gasteiger partial charge in [-0.25, -0.2) is 0 Å². The van der Waals surface area contributed by atoms with E-state index in [9.17, 15) is 0 Å². The molecule has 1 aliphatic carbocycles. The molecule has 1 fully saturated rings. The van der Waals surface area contributed by atoms with E-state index in [1.807, 2.05) is 0 Å². The van der Waals surface area contributed by atoms with Crippen molar-refractivity contribution in [3.05, 3.63) is 0 Å². The van der Waals surface area contributed by atoms with Crippen LogP contribution in [0.5, 0.6) is 0 Å². The second-order valence-corrected chi connectivity index (χ2v) is 4.64. The summed E-state index contributed by atoms with van der Waals surface area (Å²) in [6.07, 6.45) is 3.81. The molecule has 0 aliphatic heterocycles. The Kier molecular flexibility index (Phi) is 5.45. The summed E-state index contributed by atoms with van der Waals surface area (Å²) < 4.78 is 0. The van der Waals surface area contributed by atoms with Crippen LogP contribution in [0.15, 0.2) is 0 Å². The number of hydrogen-bond donors (Lipinski definition) is 2. The lowest BCUT2D eigenvalue weighted by molar-refractivity contribution is 0.192. The van der Waals surface area contributed by atoms with Crippen molar-refractivity contribution >= 4 is 0 Å². The van der Waals surface area contributed by atoms with Crippen molar-refractivity contribution < 1.29 is 5.11 Å². The van der Waals surface area contributed by atoms with Gasteiger partial charge in [-0.3, -0.25) is 0 Å². The largest absolute Gasteiger partial charge is 0.396 e. The third-order valence-electron chi connectivity index (χ3n) is 3.19. The van der Waals surface area contributed by atoms with Crippen LogP contribution in [0.2, 0.25) is 0 Å². The average molecular weight is 200 g/mol. The Hall–Kier alpha value is -0.120. The Labute approximate surface area is 87.5 Å². The van der Waals surface area contributed by atoms with Crippen LogP contribution >= 0.6 is 0 Å². The molecule has 0 bridgehead atoms. The van der Waals surface area contributed by atoms with E-state index in [1.54, 1.807) is 0 Å². The van der Waals surface area contributed by atoms with Crippen molar-refractivity contribution in [3.63, 3.8) is 0 Å². The molecular weight excluding hydrogens is 176 g/mol. The van der Waals surface area contributed by atoms with Gasteiger partial charge in [0.15, 0.2) is 0 Å². The standard InChI is InChI=1S/C11H24N2O/c1-13(2)7-6-12-8-10-4-3-5-11(10)9-14/h10-12,14H,3-9H2,1-2H3. The van der Waals surface area contributed by atoms with Gasteiger partial charge >= 0.3 is 0 Å². The van der Waals surface area contributed by atoms with Gasteiger partial charge in [-0.05, 0) is 45.3 Å². The first-order chi connectivity index (χ1) is 6.74. The Bertz CT molecular complexity index is 150. The predicted octanol–water partition coefficient (Wildman–Crippen LogP) is 0.546. The molecule has 0 amide bonds. The monoisotopic (exact) mass is 200 g/mol. The van der Waals surface area contributed by atoms with Gasteiger partial charge in [0.1, 0.15) is 0 Å². The SMILES string of the molecule is CN(C)CCNCC1CCCC1CO. The maximum Gasteiger partial charge on any atom is 0.0462 e. The number of rotatable bonds is 6. The molecule has 2 unspecified atom stereocenters. The van der Waals surface area contributed by atoms with Gasteiger partial charge in [-0.15, -0.1) is 0 Å². The van der Waals surface area contributed by atoms with Crippen molar-refractivity contribution in [2.75, 3.05) is 40.3 Å². The molecular formula is C11H24N2O. The third-order valence-corrected chi connectivity index (χ3v) is 3.19. The average Bonchev–Trinajstić information content (AvgIpc) is 2.59. The Morgan fingerprint density at radius 1 is 1.29 bits per heavy atom. The van der Waals surface area contributed by atoms with Crippen LogP contribution in [-0.4, -0.2) is 50.3 Å². The zero-order valence-corrected chi connectivity index (χ0v) is 9.50. The zero-order valence-electron chi connectivity index (χ0n) is 9.50. The van der Waals surface area contributed by atoms with Gasteiger partial charge in [-0.1, -0.05) is 6.42 Å². The fourth-order valence-electron chi connectivity index (χ4n) is 2.21. The van der Waals surface area contributed by atoms with Crippen LogP contribution in [0.4, 0.5) is 0 Å². The van der Waals surface area contributed by atoms with E-state index in [4.69, 9.17) is 5.11 Å². The number of aliphatic hydroxyl groups excluding tert-OH is 1. The van der Waals surface area contributed by atoms with Gasteiger partial charge in [0, 0.05) is 19.7 Å². The normalized spacial score (nSPS) is 27.4. The van der Waals surface area contributed by atoms with E-state index >= 15 is 0 Å². The summed E-state index contributed by atoms with van der Waals surface area (Å²) in [5.41, 5.74) is 0. The second kappa shape index (κ2) is 6.38. The Morgan fingerprint density at radius 3 is 2.64 bits per heavy atom. The molecule has 1 rings (SSSR count). The summed E-state index contributed by atoms with van der Waals surface area (Å²) >= 11 is 0. The molecule has 14 heavy (non-hydrogen) atoms. The maximum atomic E-state index is 9.15. The maximum absolute atomic E-state index is 9.15. The quantitative estimate of drug-likeness (QED) is 0.615. The molecule has 0 saturated heterocycles. The van der Waals surface area contributed by atoms with Crippen LogP contribution in [-0.2, 0) is 0 Å². The van der Waals surface area contributed by atoms with E-state index in [-0.39, 0.29) is 0 Å². The first-order valence-corrected chi connectivity index (χ1v) is 5.70. The summed E-state index contributed by atoms with van der Waals surface area (Å²) in [7, 11) is 4.18. The number of nitrogens with zero attached hydrogens (tertiary/aromatic N) is 1. The highest BCUT2D eigenvalue weighted by atomic mass is 16.3. The lowest BCUT2D eigenvalue weighted by atomic mass is 9.97. The lowest BCUT2D eigenvalue weighted by Crippen LogP contribution is -2.32. The molecule has 84 valence electrons. The summed E-state index contributed by atoms with van der Waals surface area (Å²) in [6, 6.07) is 0. The summed E-state index contributed by atoms with van der Waals surface area (Å²) in [4.78, 5) is 2.19. The van der Waals surface area contributed by atoms with Crippen LogP contribution in [0.1, 0.15) is 19.3 Å². The number of hydrogen-bond acceptors (Lipinski definition) is 3. The predicted molar refractivity (Wildman–Crippen MR) is 59.3 cm³/mol. The minimum atomic E-state index is 0.375. The Balaban J connectivity index is 2.05. The van der Waals surface area contributed by atoms with Crippen LogP contribution in [0, 0.1) is 11.8 Å².